The maximum atomic E-state index is 10.6. The highest BCUT2D eigenvalue weighted by Crippen LogP contribution is 2.13. The second kappa shape index (κ2) is 3.58. The fraction of sp³-hybridized carbons (Fsp3) is 0.800. The van der Waals surface area contributed by atoms with Crippen LogP contribution in [0, 0.1) is 0 Å². The summed E-state index contributed by atoms with van der Waals surface area (Å²) in [5, 5.41) is 13.0. The van der Waals surface area contributed by atoms with Gasteiger partial charge in [0.05, 0.1) is 6.10 Å². The topological polar surface area (TPSA) is 110 Å². The van der Waals surface area contributed by atoms with E-state index in [9.17, 15) is 13.2 Å². The second-order valence-corrected chi connectivity index (χ2v) is 4.24. The highest BCUT2D eigenvalue weighted by atomic mass is 32.2. The molecule has 1 aliphatic rings. The van der Waals surface area contributed by atoms with E-state index >= 15 is 0 Å². The number of nitrogens with two attached hydrogens (primary N) is 1. The van der Waals surface area contributed by atoms with Crippen LogP contribution < -0.4 is 5.14 Å². The summed E-state index contributed by atoms with van der Waals surface area (Å²) in [4.78, 5) is 10.0. The molecule has 76 valence electrons. The van der Waals surface area contributed by atoms with Crippen molar-refractivity contribution in [1.82, 2.24) is 4.31 Å². The van der Waals surface area contributed by atoms with Crippen LogP contribution in [0.3, 0.4) is 0 Å². The first-order valence-corrected chi connectivity index (χ1v) is 5.01. The number of carboxylic acid groups (broad SMARTS) is 1. The Hall–Kier alpha value is -0.700. The monoisotopic (exact) mass is 210 g/mol. The Bertz CT molecular complexity index is 294. The van der Waals surface area contributed by atoms with Crippen LogP contribution in [0.2, 0.25) is 0 Å². The summed E-state index contributed by atoms with van der Waals surface area (Å²) in [6, 6.07) is 0. The predicted molar refractivity (Wildman–Crippen MR) is 42.1 cm³/mol. The zero-order valence-electron chi connectivity index (χ0n) is 6.71. The van der Waals surface area contributed by atoms with Gasteiger partial charge in [0, 0.05) is 13.1 Å². The molecule has 1 fully saturated rings. The van der Waals surface area contributed by atoms with E-state index in [1.807, 2.05) is 0 Å². The standard InChI is InChI=1S/C5H10N2O5S/c6-13(10,11)7-1-4(2-7)12-3-5(8)9/h4H,1-3H2,(H,8,9)(H2,6,10,11). The van der Waals surface area contributed by atoms with E-state index in [2.05, 4.69) is 0 Å². The lowest BCUT2D eigenvalue weighted by Crippen LogP contribution is -2.56. The van der Waals surface area contributed by atoms with Crippen molar-refractivity contribution in [2.75, 3.05) is 19.7 Å². The molecule has 0 aliphatic carbocycles. The molecule has 0 aromatic heterocycles. The number of carbonyl (C=O) groups is 1. The van der Waals surface area contributed by atoms with Crippen LogP contribution in [0.15, 0.2) is 0 Å². The first kappa shape index (κ1) is 10.4. The van der Waals surface area contributed by atoms with Crippen LogP contribution in [-0.2, 0) is 19.7 Å². The zero-order valence-corrected chi connectivity index (χ0v) is 7.53. The van der Waals surface area contributed by atoms with Crippen LogP contribution in [0.4, 0.5) is 0 Å². The third-order valence-electron chi connectivity index (χ3n) is 1.62. The lowest BCUT2D eigenvalue weighted by molar-refractivity contribution is -0.146. The van der Waals surface area contributed by atoms with Gasteiger partial charge in [-0.3, -0.25) is 0 Å². The summed E-state index contributed by atoms with van der Waals surface area (Å²) in [5.41, 5.74) is 0. The predicted octanol–water partition coefficient (Wildman–Crippen LogP) is -2.02. The molecule has 0 bridgehead atoms. The van der Waals surface area contributed by atoms with Crippen molar-refractivity contribution < 1.29 is 23.1 Å². The number of hydrogen-bond donors (Lipinski definition) is 2. The summed E-state index contributed by atoms with van der Waals surface area (Å²) in [7, 11) is -3.63. The van der Waals surface area contributed by atoms with Gasteiger partial charge in [0.1, 0.15) is 6.61 Å². The Morgan fingerprint density at radius 3 is 2.54 bits per heavy atom. The summed E-state index contributed by atoms with van der Waals surface area (Å²) in [5.74, 6) is -1.07. The van der Waals surface area contributed by atoms with E-state index in [-0.39, 0.29) is 19.2 Å². The fourth-order valence-electron chi connectivity index (χ4n) is 0.903. The molecule has 0 radical (unpaired) electrons. The van der Waals surface area contributed by atoms with Crippen molar-refractivity contribution in [3.63, 3.8) is 0 Å². The maximum Gasteiger partial charge on any atom is 0.329 e. The zero-order chi connectivity index (χ0) is 10.1. The third-order valence-corrected chi connectivity index (χ3v) is 2.63. The molecule has 0 atom stereocenters. The SMILES string of the molecule is NS(=O)(=O)N1CC(OCC(=O)O)C1. The van der Waals surface area contributed by atoms with Gasteiger partial charge in [0.15, 0.2) is 0 Å². The average molecular weight is 210 g/mol. The van der Waals surface area contributed by atoms with Crippen molar-refractivity contribution in [1.29, 1.82) is 0 Å². The minimum atomic E-state index is -3.63. The first-order valence-electron chi connectivity index (χ1n) is 3.51. The molecule has 1 aliphatic heterocycles. The van der Waals surface area contributed by atoms with Gasteiger partial charge in [-0.15, -0.1) is 0 Å². The normalized spacial score (nSPS) is 19.8. The van der Waals surface area contributed by atoms with Crippen LogP contribution in [0.1, 0.15) is 0 Å². The van der Waals surface area contributed by atoms with Gasteiger partial charge >= 0.3 is 5.97 Å². The maximum absolute atomic E-state index is 10.6. The molecule has 0 unspecified atom stereocenters. The van der Waals surface area contributed by atoms with Gasteiger partial charge in [-0.2, -0.15) is 12.7 Å². The van der Waals surface area contributed by atoms with E-state index in [1.165, 1.54) is 0 Å². The van der Waals surface area contributed by atoms with Gasteiger partial charge in [-0.1, -0.05) is 0 Å². The summed E-state index contributed by atoms with van der Waals surface area (Å²) in [6.45, 7) is -0.151. The van der Waals surface area contributed by atoms with Crippen LogP contribution >= 0.6 is 0 Å². The van der Waals surface area contributed by atoms with Crippen molar-refractivity contribution in [3.8, 4) is 0 Å². The van der Waals surface area contributed by atoms with Crippen LogP contribution in [0.5, 0.6) is 0 Å². The Morgan fingerprint density at radius 2 is 2.15 bits per heavy atom. The second-order valence-electron chi connectivity index (χ2n) is 2.69. The van der Waals surface area contributed by atoms with Gasteiger partial charge < -0.3 is 9.84 Å². The van der Waals surface area contributed by atoms with Gasteiger partial charge in [0.25, 0.3) is 10.2 Å². The quantitative estimate of drug-likeness (QED) is 0.556. The Labute approximate surface area is 75.3 Å². The van der Waals surface area contributed by atoms with Crippen molar-refractivity contribution in [2.45, 2.75) is 6.10 Å². The summed E-state index contributed by atoms with van der Waals surface area (Å²) < 4.78 is 27.1. The van der Waals surface area contributed by atoms with E-state index in [0.29, 0.717) is 0 Å². The smallest absolute Gasteiger partial charge is 0.329 e. The largest absolute Gasteiger partial charge is 0.480 e. The molecular weight excluding hydrogens is 200 g/mol. The fourth-order valence-corrected chi connectivity index (χ4v) is 1.65. The molecule has 1 rings (SSSR count). The van der Waals surface area contributed by atoms with Gasteiger partial charge in [-0.25, -0.2) is 9.93 Å². The molecular formula is C5H10N2O5S. The van der Waals surface area contributed by atoms with Crippen molar-refractivity contribution in [2.24, 2.45) is 5.14 Å². The highest BCUT2D eigenvalue weighted by Gasteiger charge is 2.34. The molecule has 0 spiro atoms. The number of carboxylic acids is 1. The number of hydrogen-bond acceptors (Lipinski definition) is 4. The minimum absolute atomic E-state index is 0.131. The molecule has 0 aromatic rings. The van der Waals surface area contributed by atoms with Gasteiger partial charge in [0.2, 0.25) is 0 Å². The molecule has 0 amide bonds. The van der Waals surface area contributed by atoms with E-state index < -0.39 is 22.8 Å². The molecule has 8 heteroatoms. The molecule has 3 N–H and O–H groups in total. The lowest BCUT2D eigenvalue weighted by Gasteiger charge is -2.35. The average Bonchev–Trinajstić information content (AvgIpc) is 1.79. The third kappa shape index (κ3) is 2.92. The number of ether oxygens (including phenoxy) is 1. The minimum Gasteiger partial charge on any atom is -0.480 e. The summed E-state index contributed by atoms with van der Waals surface area (Å²) in [6.07, 6.45) is -0.352. The highest BCUT2D eigenvalue weighted by molar-refractivity contribution is 7.86. The van der Waals surface area contributed by atoms with Crippen LogP contribution in [-0.4, -0.2) is 49.6 Å². The van der Waals surface area contributed by atoms with Gasteiger partial charge in [-0.05, 0) is 0 Å². The van der Waals surface area contributed by atoms with Crippen molar-refractivity contribution in [3.05, 3.63) is 0 Å². The number of rotatable bonds is 4. The Kier molecular flexibility index (Phi) is 2.86. The molecule has 13 heavy (non-hydrogen) atoms. The van der Waals surface area contributed by atoms with Crippen LogP contribution in [0.25, 0.3) is 0 Å². The molecule has 0 aromatic carbocycles. The van der Waals surface area contributed by atoms with Crippen molar-refractivity contribution >= 4 is 16.2 Å². The number of aliphatic carboxylic acids is 1. The van der Waals surface area contributed by atoms with E-state index in [1.54, 1.807) is 0 Å². The first-order chi connectivity index (χ1) is 5.89. The van der Waals surface area contributed by atoms with E-state index in [4.69, 9.17) is 15.0 Å². The Balaban J connectivity index is 2.23. The molecule has 1 heterocycles. The summed E-state index contributed by atoms with van der Waals surface area (Å²) >= 11 is 0. The molecule has 7 nitrogen and oxygen atoms in total. The Morgan fingerprint density at radius 1 is 1.62 bits per heavy atom. The molecule has 1 saturated heterocycles. The van der Waals surface area contributed by atoms with E-state index in [0.717, 1.165) is 4.31 Å². The number of nitrogens with zero attached hydrogens (tertiary/aromatic N) is 1. The molecule has 0 saturated carbocycles. The lowest BCUT2D eigenvalue weighted by atomic mass is 10.2.